The molecule has 1 aliphatic rings. The summed E-state index contributed by atoms with van der Waals surface area (Å²) in [6, 6.07) is 7.52. The van der Waals surface area contributed by atoms with Gasteiger partial charge in [-0.1, -0.05) is 12.1 Å². The number of nitrogen functional groups attached to an aromatic ring is 1. The van der Waals surface area contributed by atoms with E-state index in [1.165, 1.54) is 0 Å². The smallest absolute Gasteiger partial charge is 0.219 e. The van der Waals surface area contributed by atoms with Gasteiger partial charge in [0.1, 0.15) is 12.4 Å². The number of ether oxygens (including phenoxy) is 1. The highest BCUT2D eigenvalue weighted by Gasteiger charge is 2.18. The van der Waals surface area contributed by atoms with Gasteiger partial charge in [-0.3, -0.25) is 9.69 Å². The zero-order chi connectivity index (χ0) is 13.7. The van der Waals surface area contributed by atoms with Crippen molar-refractivity contribution in [3.8, 4) is 5.75 Å². The second-order valence-corrected chi connectivity index (χ2v) is 4.73. The molecule has 1 aliphatic heterocycles. The molecule has 0 aromatic heterocycles. The number of anilines is 1. The lowest BCUT2D eigenvalue weighted by Gasteiger charge is -2.34. The SMILES string of the molecule is CC(=O)N1CCN(CCOc2ccccc2N)CC1. The van der Waals surface area contributed by atoms with Crippen molar-refractivity contribution in [1.82, 2.24) is 9.80 Å². The second kappa shape index (κ2) is 6.43. The molecule has 1 fully saturated rings. The van der Waals surface area contributed by atoms with Gasteiger partial charge in [0.25, 0.3) is 0 Å². The minimum absolute atomic E-state index is 0.160. The maximum absolute atomic E-state index is 11.2. The highest BCUT2D eigenvalue weighted by Crippen LogP contribution is 2.19. The van der Waals surface area contributed by atoms with Gasteiger partial charge >= 0.3 is 0 Å². The first-order valence-electron chi connectivity index (χ1n) is 6.62. The van der Waals surface area contributed by atoms with Crippen LogP contribution in [0.5, 0.6) is 5.75 Å². The molecule has 19 heavy (non-hydrogen) atoms. The van der Waals surface area contributed by atoms with E-state index in [-0.39, 0.29) is 5.91 Å². The van der Waals surface area contributed by atoms with Crippen molar-refractivity contribution < 1.29 is 9.53 Å². The number of amides is 1. The Kier molecular flexibility index (Phi) is 4.63. The number of carbonyl (C=O) groups excluding carboxylic acids is 1. The number of para-hydroxylation sites is 2. The predicted molar refractivity (Wildman–Crippen MR) is 75.0 cm³/mol. The maximum atomic E-state index is 11.2. The van der Waals surface area contributed by atoms with Crippen LogP contribution >= 0.6 is 0 Å². The number of nitrogens with zero attached hydrogens (tertiary/aromatic N) is 2. The van der Waals surface area contributed by atoms with Crippen LogP contribution in [0.3, 0.4) is 0 Å². The molecule has 1 saturated heterocycles. The van der Waals surface area contributed by atoms with Crippen LogP contribution in [0.25, 0.3) is 0 Å². The fraction of sp³-hybridized carbons (Fsp3) is 0.500. The topological polar surface area (TPSA) is 58.8 Å². The summed E-state index contributed by atoms with van der Waals surface area (Å²) in [5, 5.41) is 0. The average Bonchev–Trinajstić information content (AvgIpc) is 2.41. The number of piperazine rings is 1. The lowest BCUT2D eigenvalue weighted by Crippen LogP contribution is -2.48. The van der Waals surface area contributed by atoms with E-state index in [0.717, 1.165) is 38.5 Å². The number of hydrogen-bond acceptors (Lipinski definition) is 4. The number of carbonyl (C=O) groups is 1. The molecular weight excluding hydrogens is 242 g/mol. The van der Waals surface area contributed by atoms with Crippen LogP contribution in [0, 0.1) is 0 Å². The summed E-state index contributed by atoms with van der Waals surface area (Å²) in [4.78, 5) is 15.4. The molecule has 5 heteroatoms. The molecule has 0 atom stereocenters. The third-order valence-corrected chi connectivity index (χ3v) is 3.40. The molecule has 0 bridgehead atoms. The third kappa shape index (κ3) is 3.86. The van der Waals surface area contributed by atoms with E-state index in [0.29, 0.717) is 12.3 Å². The van der Waals surface area contributed by atoms with E-state index in [1.807, 2.05) is 29.2 Å². The molecule has 0 aliphatic carbocycles. The number of rotatable bonds is 4. The van der Waals surface area contributed by atoms with Gasteiger partial charge in [0, 0.05) is 39.6 Å². The van der Waals surface area contributed by atoms with Crippen molar-refractivity contribution in [1.29, 1.82) is 0 Å². The van der Waals surface area contributed by atoms with E-state index >= 15 is 0 Å². The van der Waals surface area contributed by atoms with Gasteiger partial charge in [-0.15, -0.1) is 0 Å². The summed E-state index contributed by atoms with van der Waals surface area (Å²) in [6.07, 6.45) is 0. The van der Waals surface area contributed by atoms with Gasteiger partial charge in [0.15, 0.2) is 0 Å². The van der Waals surface area contributed by atoms with E-state index < -0.39 is 0 Å². The lowest BCUT2D eigenvalue weighted by atomic mass is 10.3. The molecule has 0 unspecified atom stereocenters. The number of benzene rings is 1. The molecule has 1 aromatic rings. The third-order valence-electron chi connectivity index (χ3n) is 3.40. The van der Waals surface area contributed by atoms with Crippen LogP contribution in [-0.2, 0) is 4.79 Å². The van der Waals surface area contributed by atoms with Crippen LogP contribution in [0.1, 0.15) is 6.92 Å². The van der Waals surface area contributed by atoms with Crippen molar-refractivity contribution in [2.24, 2.45) is 0 Å². The normalized spacial score (nSPS) is 16.4. The number of nitrogens with two attached hydrogens (primary N) is 1. The first-order valence-corrected chi connectivity index (χ1v) is 6.62. The Morgan fingerprint density at radius 1 is 1.26 bits per heavy atom. The first kappa shape index (κ1) is 13.7. The maximum Gasteiger partial charge on any atom is 0.219 e. The fourth-order valence-electron chi connectivity index (χ4n) is 2.18. The van der Waals surface area contributed by atoms with Crippen molar-refractivity contribution in [2.45, 2.75) is 6.92 Å². The molecule has 2 rings (SSSR count). The molecule has 2 N–H and O–H groups in total. The average molecular weight is 263 g/mol. The van der Waals surface area contributed by atoms with E-state index in [9.17, 15) is 4.79 Å². The molecule has 0 radical (unpaired) electrons. The Labute approximate surface area is 113 Å². The Morgan fingerprint density at radius 2 is 1.95 bits per heavy atom. The van der Waals surface area contributed by atoms with Gasteiger partial charge < -0.3 is 15.4 Å². The molecule has 1 heterocycles. The van der Waals surface area contributed by atoms with E-state index in [4.69, 9.17) is 10.5 Å². The Hall–Kier alpha value is -1.75. The fourth-order valence-corrected chi connectivity index (χ4v) is 2.18. The van der Waals surface area contributed by atoms with E-state index in [1.54, 1.807) is 6.92 Å². The van der Waals surface area contributed by atoms with Crippen LogP contribution < -0.4 is 10.5 Å². The highest BCUT2D eigenvalue weighted by atomic mass is 16.5. The van der Waals surface area contributed by atoms with Gasteiger partial charge in [-0.2, -0.15) is 0 Å². The summed E-state index contributed by atoms with van der Waals surface area (Å²) in [5.74, 6) is 0.901. The van der Waals surface area contributed by atoms with Crippen molar-refractivity contribution >= 4 is 11.6 Å². The van der Waals surface area contributed by atoms with Crippen LogP contribution in [0.15, 0.2) is 24.3 Å². The minimum Gasteiger partial charge on any atom is -0.490 e. The molecule has 5 nitrogen and oxygen atoms in total. The van der Waals surface area contributed by atoms with Gasteiger partial charge in [-0.25, -0.2) is 0 Å². The molecular formula is C14H21N3O2. The summed E-state index contributed by atoms with van der Waals surface area (Å²) >= 11 is 0. The Morgan fingerprint density at radius 3 is 2.58 bits per heavy atom. The monoisotopic (exact) mass is 263 g/mol. The lowest BCUT2D eigenvalue weighted by molar-refractivity contribution is -0.130. The standard InChI is InChI=1S/C14H21N3O2/c1-12(18)17-8-6-16(7-9-17)10-11-19-14-5-3-2-4-13(14)15/h2-5H,6-11,15H2,1H3. The van der Waals surface area contributed by atoms with Crippen LogP contribution in [-0.4, -0.2) is 55.0 Å². The molecule has 1 amide bonds. The van der Waals surface area contributed by atoms with Gasteiger partial charge in [-0.05, 0) is 12.1 Å². The summed E-state index contributed by atoms with van der Waals surface area (Å²) < 4.78 is 5.67. The molecule has 0 spiro atoms. The summed E-state index contributed by atoms with van der Waals surface area (Å²) in [5.41, 5.74) is 6.48. The van der Waals surface area contributed by atoms with Crippen molar-refractivity contribution in [2.75, 3.05) is 45.1 Å². The van der Waals surface area contributed by atoms with E-state index in [2.05, 4.69) is 4.90 Å². The zero-order valence-electron chi connectivity index (χ0n) is 11.3. The van der Waals surface area contributed by atoms with Crippen LogP contribution in [0.2, 0.25) is 0 Å². The van der Waals surface area contributed by atoms with Crippen molar-refractivity contribution in [3.05, 3.63) is 24.3 Å². The Bertz CT molecular complexity index is 428. The molecule has 104 valence electrons. The summed E-state index contributed by atoms with van der Waals surface area (Å²) in [6.45, 7) is 6.54. The minimum atomic E-state index is 0.160. The van der Waals surface area contributed by atoms with Crippen molar-refractivity contribution in [3.63, 3.8) is 0 Å². The van der Waals surface area contributed by atoms with Crippen LogP contribution in [0.4, 0.5) is 5.69 Å². The summed E-state index contributed by atoms with van der Waals surface area (Å²) in [7, 11) is 0. The van der Waals surface area contributed by atoms with Gasteiger partial charge in [0.2, 0.25) is 5.91 Å². The molecule has 0 saturated carbocycles. The largest absolute Gasteiger partial charge is 0.490 e. The van der Waals surface area contributed by atoms with Gasteiger partial charge in [0.05, 0.1) is 5.69 Å². The second-order valence-electron chi connectivity index (χ2n) is 4.73. The predicted octanol–water partition coefficient (Wildman–Crippen LogP) is 0.812. The highest BCUT2D eigenvalue weighted by molar-refractivity contribution is 5.73. The Balaban J connectivity index is 1.70. The first-order chi connectivity index (χ1) is 9.16. The quantitative estimate of drug-likeness (QED) is 0.817. The molecule has 1 aromatic carbocycles. The number of hydrogen-bond donors (Lipinski definition) is 1. The zero-order valence-corrected chi connectivity index (χ0v) is 11.3.